The quantitative estimate of drug-likeness (QED) is 0.491. The highest BCUT2D eigenvalue weighted by molar-refractivity contribution is 6.01. The molecule has 3 rings (SSSR count). The molecule has 32 heavy (non-hydrogen) atoms. The number of hydrogen-bond donors (Lipinski definition) is 0. The first-order chi connectivity index (χ1) is 15.3. The van der Waals surface area contributed by atoms with Crippen molar-refractivity contribution >= 4 is 12.0 Å². The molecular weight excluding hydrogens is 400 g/mol. The van der Waals surface area contributed by atoms with Crippen LogP contribution in [-0.4, -0.2) is 56.2 Å². The lowest BCUT2D eigenvalue weighted by Gasteiger charge is -2.21. The Morgan fingerprint density at radius 1 is 1.25 bits per heavy atom. The zero-order chi connectivity index (χ0) is 23.3. The Hall–Kier alpha value is -2.85. The first-order valence-electron chi connectivity index (χ1n) is 11.6. The molecule has 7 heteroatoms. The summed E-state index contributed by atoms with van der Waals surface area (Å²) in [4.78, 5) is 17.4. The number of nitrogens with zero attached hydrogens (tertiary/aromatic N) is 6. The summed E-state index contributed by atoms with van der Waals surface area (Å²) in [5.41, 5.74) is 4.63. The molecule has 2 aromatic heterocycles. The average Bonchev–Trinajstić information content (AvgIpc) is 3.22. The number of hydrogen-bond acceptors (Lipinski definition) is 4. The summed E-state index contributed by atoms with van der Waals surface area (Å²) in [5.74, 6) is 0.367. The summed E-state index contributed by atoms with van der Waals surface area (Å²) in [6.45, 7) is 16.3. The number of aromatic nitrogens is 3. The zero-order valence-electron chi connectivity index (χ0n) is 20.1. The lowest BCUT2D eigenvalue weighted by atomic mass is 10.1. The highest BCUT2D eigenvalue weighted by Crippen LogP contribution is 2.21. The number of amides is 1. The molecule has 2 aromatic rings. The Kier molecular flexibility index (Phi) is 7.92. The molecule has 0 saturated carbocycles. The van der Waals surface area contributed by atoms with E-state index in [0.29, 0.717) is 19.0 Å². The maximum atomic E-state index is 13.2. The van der Waals surface area contributed by atoms with Crippen LogP contribution in [0.3, 0.4) is 0 Å². The number of carbonyl (C=O) groups is 1. The van der Waals surface area contributed by atoms with Gasteiger partial charge in [0, 0.05) is 69.0 Å². The molecule has 0 atom stereocenters. The molecule has 0 bridgehead atoms. The molecule has 7 nitrogen and oxygen atoms in total. The van der Waals surface area contributed by atoms with E-state index in [9.17, 15) is 10.1 Å². The van der Waals surface area contributed by atoms with Gasteiger partial charge in [0.25, 0.3) is 5.91 Å². The van der Waals surface area contributed by atoms with Crippen LogP contribution in [-0.2, 0) is 24.4 Å². The Morgan fingerprint density at radius 3 is 2.69 bits per heavy atom. The Labute approximate surface area is 191 Å². The van der Waals surface area contributed by atoms with Gasteiger partial charge in [-0.25, -0.2) is 0 Å². The van der Waals surface area contributed by atoms with Crippen LogP contribution < -0.4 is 0 Å². The molecule has 0 unspecified atom stereocenters. The van der Waals surface area contributed by atoms with Gasteiger partial charge in [-0.1, -0.05) is 13.8 Å². The highest BCUT2D eigenvalue weighted by Gasteiger charge is 2.23. The van der Waals surface area contributed by atoms with Crippen molar-refractivity contribution in [2.75, 3.05) is 26.2 Å². The first-order valence-corrected chi connectivity index (χ1v) is 11.6. The molecule has 0 spiro atoms. The minimum atomic E-state index is -0.165. The van der Waals surface area contributed by atoms with Crippen molar-refractivity contribution in [3.8, 4) is 6.07 Å². The Bertz CT molecular complexity index is 1010. The largest absolute Gasteiger partial charge is 0.348 e. The SMILES string of the molecule is CCn1cc(CN2CCCN(C(=O)/C(C#N)=C/c3cc(C)n(CC(C)C)c3C)CC2)cn1. The van der Waals surface area contributed by atoms with E-state index < -0.39 is 0 Å². The topological polar surface area (TPSA) is 70.1 Å². The van der Waals surface area contributed by atoms with Gasteiger partial charge >= 0.3 is 0 Å². The number of aryl methyl sites for hydroxylation is 2. The van der Waals surface area contributed by atoms with Gasteiger partial charge in [-0.05, 0) is 50.8 Å². The molecule has 1 aliphatic rings. The fraction of sp³-hybridized carbons (Fsp3) is 0.560. The standard InChI is InChI=1S/C25H36N6O/c1-6-30-18-22(15-27-30)17-28-8-7-9-29(11-10-28)25(32)24(14-26)13-23-12-20(4)31(21(23)5)16-19(2)3/h12-13,15,18-19H,6-11,16-17H2,1-5H3/b24-13+. The van der Waals surface area contributed by atoms with E-state index >= 15 is 0 Å². The van der Waals surface area contributed by atoms with E-state index in [1.165, 1.54) is 5.56 Å². The van der Waals surface area contributed by atoms with E-state index in [0.717, 1.165) is 56.1 Å². The van der Waals surface area contributed by atoms with Gasteiger partial charge in [-0.15, -0.1) is 0 Å². The Balaban J connectivity index is 1.68. The van der Waals surface area contributed by atoms with Gasteiger partial charge < -0.3 is 9.47 Å². The third-order valence-corrected chi connectivity index (χ3v) is 6.10. The molecule has 1 fully saturated rings. The molecule has 0 N–H and O–H groups in total. The van der Waals surface area contributed by atoms with Crippen LogP contribution in [0.5, 0.6) is 0 Å². The lowest BCUT2D eigenvalue weighted by molar-refractivity contribution is -0.126. The van der Waals surface area contributed by atoms with Crippen molar-refractivity contribution < 1.29 is 4.79 Å². The maximum absolute atomic E-state index is 13.2. The van der Waals surface area contributed by atoms with Gasteiger partial charge in [0.2, 0.25) is 0 Å². The van der Waals surface area contributed by atoms with E-state index in [1.807, 2.05) is 15.8 Å². The molecule has 0 radical (unpaired) electrons. The third kappa shape index (κ3) is 5.68. The van der Waals surface area contributed by atoms with Crippen molar-refractivity contribution in [3.63, 3.8) is 0 Å². The number of rotatable bonds is 7. The van der Waals surface area contributed by atoms with Crippen LogP contribution in [0, 0.1) is 31.1 Å². The van der Waals surface area contributed by atoms with E-state index in [2.05, 4.69) is 67.5 Å². The summed E-state index contributed by atoms with van der Waals surface area (Å²) < 4.78 is 4.20. The second-order valence-electron chi connectivity index (χ2n) is 9.13. The smallest absolute Gasteiger partial charge is 0.264 e. The molecule has 3 heterocycles. The average molecular weight is 437 g/mol. The summed E-state index contributed by atoms with van der Waals surface area (Å²) in [6.07, 6.45) is 6.67. The van der Waals surface area contributed by atoms with Crippen molar-refractivity contribution in [2.45, 2.75) is 60.7 Å². The maximum Gasteiger partial charge on any atom is 0.264 e. The van der Waals surface area contributed by atoms with Crippen LogP contribution in [0.2, 0.25) is 0 Å². The van der Waals surface area contributed by atoms with Gasteiger partial charge in [0.1, 0.15) is 11.6 Å². The summed E-state index contributed by atoms with van der Waals surface area (Å²) >= 11 is 0. The van der Waals surface area contributed by atoms with E-state index in [1.54, 1.807) is 6.08 Å². The molecule has 172 valence electrons. The van der Waals surface area contributed by atoms with Gasteiger partial charge in [0.15, 0.2) is 0 Å². The van der Waals surface area contributed by atoms with Crippen LogP contribution in [0.15, 0.2) is 24.0 Å². The first kappa shape index (κ1) is 23.8. The highest BCUT2D eigenvalue weighted by atomic mass is 16.2. The monoisotopic (exact) mass is 436 g/mol. The van der Waals surface area contributed by atoms with Crippen LogP contribution >= 0.6 is 0 Å². The fourth-order valence-electron chi connectivity index (χ4n) is 4.34. The fourth-order valence-corrected chi connectivity index (χ4v) is 4.34. The van der Waals surface area contributed by atoms with Gasteiger partial charge in [0.05, 0.1) is 6.20 Å². The number of nitriles is 1. The van der Waals surface area contributed by atoms with Crippen molar-refractivity contribution in [3.05, 3.63) is 46.5 Å². The van der Waals surface area contributed by atoms with Gasteiger partial charge in [-0.3, -0.25) is 14.4 Å². The molecular formula is C25H36N6O. The van der Waals surface area contributed by atoms with E-state index in [4.69, 9.17) is 0 Å². The Morgan fingerprint density at radius 2 is 2.03 bits per heavy atom. The predicted molar refractivity (Wildman–Crippen MR) is 127 cm³/mol. The van der Waals surface area contributed by atoms with Crippen LogP contribution in [0.25, 0.3) is 6.08 Å². The minimum Gasteiger partial charge on any atom is -0.348 e. The molecule has 0 aromatic carbocycles. The van der Waals surface area contributed by atoms with E-state index in [-0.39, 0.29) is 11.5 Å². The number of carbonyl (C=O) groups excluding carboxylic acids is 1. The third-order valence-electron chi connectivity index (χ3n) is 6.10. The second kappa shape index (κ2) is 10.6. The lowest BCUT2D eigenvalue weighted by Crippen LogP contribution is -2.35. The van der Waals surface area contributed by atoms with Crippen LogP contribution in [0.4, 0.5) is 0 Å². The van der Waals surface area contributed by atoms with Crippen molar-refractivity contribution in [1.29, 1.82) is 5.26 Å². The normalized spacial score (nSPS) is 15.8. The van der Waals surface area contributed by atoms with Crippen molar-refractivity contribution in [2.24, 2.45) is 5.92 Å². The molecule has 1 amide bonds. The van der Waals surface area contributed by atoms with Crippen LogP contribution in [0.1, 0.15) is 49.7 Å². The second-order valence-corrected chi connectivity index (χ2v) is 9.13. The minimum absolute atomic E-state index is 0.165. The van der Waals surface area contributed by atoms with Gasteiger partial charge in [-0.2, -0.15) is 10.4 Å². The summed E-state index contributed by atoms with van der Waals surface area (Å²) in [5, 5.41) is 14.1. The molecule has 1 aliphatic heterocycles. The molecule has 0 aliphatic carbocycles. The summed E-state index contributed by atoms with van der Waals surface area (Å²) in [6, 6.07) is 4.23. The predicted octanol–water partition coefficient (Wildman–Crippen LogP) is 3.62. The molecule has 1 saturated heterocycles. The summed E-state index contributed by atoms with van der Waals surface area (Å²) in [7, 11) is 0. The van der Waals surface area contributed by atoms with Crippen molar-refractivity contribution in [1.82, 2.24) is 24.1 Å². The zero-order valence-corrected chi connectivity index (χ0v) is 20.1.